The smallest absolute Gasteiger partial charge is 0.290 e. The molecule has 24 heavy (non-hydrogen) atoms. The molecular formula is C18H23NO5. The van der Waals surface area contributed by atoms with E-state index in [1.54, 1.807) is 12.1 Å². The summed E-state index contributed by atoms with van der Waals surface area (Å²) >= 11 is 0. The van der Waals surface area contributed by atoms with E-state index >= 15 is 0 Å². The van der Waals surface area contributed by atoms with Gasteiger partial charge in [-0.25, -0.2) is 0 Å². The maximum absolute atomic E-state index is 12.6. The van der Waals surface area contributed by atoms with E-state index in [1.807, 2.05) is 13.8 Å². The second kappa shape index (κ2) is 7.49. The van der Waals surface area contributed by atoms with E-state index < -0.39 is 17.7 Å². The van der Waals surface area contributed by atoms with Crippen LogP contribution in [0.15, 0.2) is 35.6 Å². The molecule has 6 nitrogen and oxygen atoms in total. The quantitative estimate of drug-likeness (QED) is 0.800. The number of Topliss-reactive ketones (excluding diaryl/α,β-unsaturated/α-hetero) is 1. The number of phenols is 1. The normalized spacial score (nSPS) is 17.9. The van der Waals surface area contributed by atoms with E-state index in [2.05, 4.69) is 0 Å². The van der Waals surface area contributed by atoms with Gasteiger partial charge in [0.2, 0.25) is 0 Å². The van der Waals surface area contributed by atoms with E-state index in [4.69, 9.17) is 4.74 Å². The number of rotatable bonds is 7. The molecule has 0 aliphatic carbocycles. The van der Waals surface area contributed by atoms with Crippen LogP contribution in [0.3, 0.4) is 0 Å². The highest BCUT2D eigenvalue weighted by atomic mass is 16.5. The van der Waals surface area contributed by atoms with Gasteiger partial charge in [0.05, 0.1) is 18.2 Å². The van der Waals surface area contributed by atoms with Crippen molar-refractivity contribution in [3.8, 4) is 5.75 Å². The lowest BCUT2D eigenvalue weighted by molar-refractivity contribution is -0.130. The molecule has 0 saturated heterocycles. The standard InChI is InChI=1S/C18H23NO5/c1-11(2)10-14(21)15-16(12-4-6-13(20)7-5-12)19(8-9-24-3)18(23)17(15)22/h4-7,11,16,20,22H,8-10H2,1-3H3. The number of methoxy groups -OCH3 is 1. The van der Waals surface area contributed by atoms with Crippen LogP contribution in [0.5, 0.6) is 5.75 Å². The lowest BCUT2D eigenvalue weighted by Gasteiger charge is -2.26. The van der Waals surface area contributed by atoms with Crippen LogP contribution < -0.4 is 0 Å². The molecule has 0 radical (unpaired) electrons. The fourth-order valence-electron chi connectivity index (χ4n) is 2.84. The number of carbonyl (C=O) groups excluding carboxylic acids is 2. The van der Waals surface area contributed by atoms with Crippen LogP contribution in [-0.2, 0) is 14.3 Å². The molecular weight excluding hydrogens is 310 g/mol. The molecule has 1 aromatic rings. The number of hydrogen-bond acceptors (Lipinski definition) is 5. The van der Waals surface area contributed by atoms with Gasteiger partial charge in [0.15, 0.2) is 11.5 Å². The predicted octanol–water partition coefficient (Wildman–Crippen LogP) is 2.35. The van der Waals surface area contributed by atoms with Crippen LogP contribution >= 0.6 is 0 Å². The van der Waals surface area contributed by atoms with Gasteiger partial charge in [0.25, 0.3) is 5.91 Å². The molecule has 0 fully saturated rings. The fraction of sp³-hybridized carbons (Fsp3) is 0.444. The van der Waals surface area contributed by atoms with Gasteiger partial charge in [-0.15, -0.1) is 0 Å². The van der Waals surface area contributed by atoms with Crippen LogP contribution in [0.1, 0.15) is 31.9 Å². The van der Waals surface area contributed by atoms with Crippen molar-refractivity contribution in [1.29, 1.82) is 0 Å². The van der Waals surface area contributed by atoms with Crippen LogP contribution in [-0.4, -0.2) is 47.1 Å². The van der Waals surface area contributed by atoms with Crippen molar-refractivity contribution in [3.05, 3.63) is 41.2 Å². The molecule has 2 N–H and O–H groups in total. The van der Waals surface area contributed by atoms with Crippen molar-refractivity contribution in [1.82, 2.24) is 4.90 Å². The molecule has 1 amide bonds. The first kappa shape index (κ1) is 18.0. The summed E-state index contributed by atoms with van der Waals surface area (Å²) in [5.41, 5.74) is 0.781. The number of aromatic hydroxyl groups is 1. The van der Waals surface area contributed by atoms with Crippen molar-refractivity contribution in [2.75, 3.05) is 20.3 Å². The number of phenolic OH excluding ortho intramolecular Hbond substituents is 1. The van der Waals surface area contributed by atoms with Gasteiger partial charge >= 0.3 is 0 Å². The van der Waals surface area contributed by atoms with Crippen molar-refractivity contribution >= 4 is 11.7 Å². The first-order valence-electron chi connectivity index (χ1n) is 7.92. The van der Waals surface area contributed by atoms with Crippen molar-refractivity contribution in [3.63, 3.8) is 0 Å². The van der Waals surface area contributed by atoms with Gasteiger partial charge in [0.1, 0.15) is 5.75 Å². The summed E-state index contributed by atoms with van der Waals surface area (Å²) in [6.45, 7) is 4.36. The van der Waals surface area contributed by atoms with Crippen LogP contribution in [0.2, 0.25) is 0 Å². The van der Waals surface area contributed by atoms with E-state index in [1.165, 1.54) is 24.1 Å². The zero-order chi connectivity index (χ0) is 17.9. The minimum Gasteiger partial charge on any atom is -0.508 e. The average Bonchev–Trinajstić information content (AvgIpc) is 2.77. The molecule has 1 heterocycles. The summed E-state index contributed by atoms with van der Waals surface area (Å²) in [5, 5.41) is 19.8. The molecule has 6 heteroatoms. The van der Waals surface area contributed by atoms with Gasteiger partial charge < -0.3 is 19.8 Å². The molecule has 0 saturated carbocycles. The molecule has 130 valence electrons. The molecule has 1 aromatic carbocycles. The Balaban J connectivity index is 2.45. The fourth-order valence-corrected chi connectivity index (χ4v) is 2.84. The Bertz CT molecular complexity index is 648. The second-order valence-electron chi connectivity index (χ2n) is 6.27. The lowest BCUT2D eigenvalue weighted by Crippen LogP contribution is -2.34. The Morgan fingerprint density at radius 2 is 1.88 bits per heavy atom. The number of nitrogens with zero attached hydrogens (tertiary/aromatic N) is 1. The number of ketones is 1. The average molecular weight is 333 g/mol. The number of amides is 1. The maximum Gasteiger partial charge on any atom is 0.290 e. The van der Waals surface area contributed by atoms with Gasteiger partial charge in [0, 0.05) is 20.1 Å². The highest BCUT2D eigenvalue weighted by molar-refractivity contribution is 6.09. The summed E-state index contributed by atoms with van der Waals surface area (Å²) in [6.07, 6.45) is 0.249. The topological polar surface area (TPSA) is 87.1 Å². The summed E-state index contributed by atoms with van der Waals surface area (Å²) in [6, 6.07) is 5.62. The third-order valence-electron chi connectivity index (χ3n) is 3.94. The number of ether oxygens (including phenoxy) is 1. The summed E-state index contributed by atoms with van der Waals surface area (Å²) in [4.78, 5) is 26.5. The minimum atomic E-state index is -0.667. The summed E-state index contributed by atoms with van der Waals surface area (Å²) in [5.74, 6) is -1.10. The minimum absolute atomic E-state index is 0.0924. The number of benzene rings is 1. The number of carbonyl (C=O) groups is 2. The lowest BCUT2D eigenvalue weighted by atomic mass is 9.92. The van der Waals surface area contributed by atoms with Gasteiger partial charge in [-0.3, -0.25) is 9.59 Å². The zero-order valence-corrected chi connectivity index (χ0v) is 14.2. The van der Waals surface area contributed by atoms with Gasteiger partial charge in [-0.05, 0) is 23.6 Å². The monoisotopic (exact) mass is 333 g/mol. The number of hydrogen-bond donors (Lipinski definition) is 2. The first-order chi connectivity index (χ1) is 11.4. The van der Waals surface area contributed by atoms with Crippen LogP contribution in [0.4, 0.5) is 0 Å². The van der Waals surface area contributed by atoms with E-state index in [-0.39, 0.29) is 36.0 Å². The Morgan fingerprint density at radius 1 is 1.25 bits per heavy atom. The largest absolute Gasteiger partial charge is 0.508 e. The Morgan fingerprint density at radius 3 is 2.42 bits per heavy atom. The molecule has 1 aliphatic rings. The SMILES string of the molecule is COCCN1C(=O)C(O)=C(C(=O)CC(C)C)C1c1ccc(O)cc1. The first-order valence-corrected chi connectivity index (χ1v) is 7.92. The van der Waals surface area contributed by atoms with Crippen LogP contribution in [0, 0.1) is 5.92 Å². The van der Waals surface area contributed by atoms with E-state index in [0.717, 1.165) is 0 Å². The maximum atomic E-state index is 12.6. The van der Waals surface area contributed by atoms with E-state index in [9.17, 15) is 19.8 Å². The Kier molecular flexibility index (Phi) is 5.62. The Labute approximate surface area is 141 Å². The van der Waals surface area contributed by atoms with Crippen molar-refractivity contribution < 1.29 is 24.5 Å². The summed E-state index contributed by atoms with van der Waals surface area (Å²) < 4.78 is 5.03. The van der Waals surface area contributed by atoms with Crippen molar-refractivity contribution in [2.45, 2.75) is 26.3 Å². The van der Waals surface area contributed by atoms with E-state index in [0.29, 0.717) is 12.2 Å². The zero-order valence-electron chi connectivity index (χ0n) is 14.2. The van der Waals surface area contributed by atoms with Crippen molar-refractivity contribution in [2.24, 2.45) is 5.92 Å². The van der Waals surface area contributed by atoms with Gasteiger partial charge in [-0.1, -0.05) is 26.0 Å². The third kappa shape index (κ3) is 3.59. The molecule has 0 spiro atoms. The molecule has 2 rings (SSSR count). The second-order valence-corrected chi connectivity index (χ2v) is 6.27. The highest BCUT2D eigenvalue weighted by Gasteiger charge is 2.43. The Hall–Kier alpha value is -2.34. The number of aliphatic hydroxyl groups excluding tert-OH is 1. The molecule has 1 aliphatic heterocycles. The molecule has 0 aromatic heterocycles. The predicted molar refractivity (Wildman–Crippen MR) is 88.6 cm³/mol. The molecule has 1 unspecified atom stereocenters. The molecule has 1 atom stereocenters. The van der Waals surface area contributed by atoms with Crippen LogP contribution in [0.25, 0.3) is 0 Å². The molecule has 0 bridgehead atoms. The van der Waals surface area contributed by atoms with Gasteiger partial charge in [-0.2, -0.15) is 0 Å². The highest BCUT2D eigenvalue weighted by Crippen LogP contribution is 2.38. The third-order valence-corrected chi connectivity index (χ3v) is 3.94. The number of aliphatic hydroxyl groups is 1. The summed E-state index contributed by atoms with van der Waals surface area (Å²) in [7, 11) is 1.52.